The number of halogens is 2. The molecule has 144 valence electrons. The van der Waals surface area contributed by atoms with Gasteiger partial charge in [0.15, 0.2) is 6.61 Å². The first-order chi connectivity index (χ1) is 13.3. The fourth-order valence-corrected chi connectivity index (χ4v) is 2.70. The van der Waals surface area contributed by atoms with Gasteiger partial charge in [-0.2, -0.15) is 0 Å². The molecule has 0 aliphatic rings. The van der Waals surface area contributed by atoms with Crippen LogP contribution < -0.4 is 5.32 Å². The van der Waals surface area contributed by atoms with Gasteiger partial charge in [-0.1, -0.05) is 11.6 Å². The summed E-state index contributed by atoms with van der Waals surface area (Å²) in [5.41, 5.74) is 0.436. The highest BCUT2D eigenvalue weighted by atomic mass is 35.5. The van der Waals surface area contributed by atoms with Gasteiger partial charge in [0.05, 0.1) is 4.92 Å². The van der Waals surface area contributed by atoms with Crippen LogP contribution in [0.4, 0.5) is 15.8 Å². The summed E-state index contributed by atoms with van der Waals surface area (Å²) in [6.07, 6.45) is 0. The summed E-state index contributed by atoms with van der Waals surface area (Å²) >= 11 is 5.70. The molecule has 0 bridgehead atoms. The predicted octanol–water partition coefficient (Wildman–Crippen LogP) is 4.24. The third kappa shape index (κ3) is 3.94. The number of ether oxygens (including phenoxy) is 1. The lowest BCUT2D eigenvalue weighted by Crippen LogP contribution is -2.21. The zero-order chi connectivity index (χ0) is 20.4. The first-order valence-electron chi connectivity index (χ1n) is 7.86. The summed E-state index contributed by atoms with van der Waals surface area (Å²) in [6.45, 7) is 0.912. The van der Waals surface area contributed by atoms with Crippen LogP contribution >= 0.6 is 11.6 Å². The number of aryl methyl sites for hydroxylation is 1. The molecule has 1 aromatic heterocycles. The average Bonchev–Trinajstić information content (AvgIpc) is 2.97. The SMILES string of the molecule is Cc1c(C(=O)OCC(=O)Nc2ccc(Cl)c([N+](=O)[O-])c2)oc2ccc(F)cc12. The van der Waals surface area contributed by atoms with Crippen LogP contribution in [0.25, 0.3) is 11.0 Å². The third-order valence-corrected chi connectivity index (χ3v) is 4.16. The Hall–Kier alpha value is -3.46. The fraction of sp³-hybridized carbons (Fsp3) is 0.111. The molecule has 0 spiro atoms. The lowest BCUT2D eigenvalue weighted by Gasteiger charge is -2.06. The van der Waals surface area contributed by atoms with Gasteiger partial charge in [-0.15, -0.1) is 0 Å². The zero-order valence-electron chi connectivity index (χ0n) is 14.3. The second-order valence-corrected chi connectivity index (χ2v) is 6.15. The summed E-state index contributed by atoms with van der Waals surface area (Å²) in [5.74, 6) is -2.24. The van der Waals surface area contributed by atoms with E-state index < -0.39 is 29.2 Å². The Kier molecular flexibility index (Phi) is 5.27. The summed E-state index contributed by atoms with van der Waals surface area (Å²) in [4.78, 5) is 34.3. The minimum absolute atomic E-state index is 0.0776. The van der Waals surface area contributed by atoms with Crippen molar-refractivity contribution in [2.24, 2.45) is 0 Å². The van der Waals surface area contributed by atoms with E-state index in [-0.39, 0.29) is 22.2 Å². The fourth-order valence-electron chi connectivity index (χ4n) is 2.51. The number of nitrogens with zero attached hydrogens (tertiary/aromatic N) is 1. The Morgan fingerprint density at radius 2 is 2.04 bits per heavy atom. The van der Waals surface area contributed by atoms with Crippen molar-refractivity contribution < 1.29 is 28.1 Å². The molecule has 2 aromatic carbocycles. The minimum atomic E-state index is -0.897. The highest BCUT2D eigenvalue weighted by Gasteiger charge is 2.21. The number of nitro groups is 1. The van der Waals surface area contributed by atoms with Crippen LogP contribution in [0.1, 0.15) is 16.1 Å². The molecule has 28 heavy (non-hydrogen) atoms. The molecule has 0 aliphatic heterocycles. The highest BCUT2D eigenvalue weighted by Crippen LogP contribution is 2.28. The molecule has 8 nitrogen and oxygen atoms in total. The maximum atomic E-state index is 13.3. The van der Waals surface area contributed by atoms with Gasteiger partial charge in [-0.25, -0.2) is 9.18 Å². The van der Waals surface area contributed by atoms with Gasteiger partial charge in [0.1, 0.15) is 16.4 Å². The highest BCUT2D eigenvalue weighted by molar-refractivity contribution is 6.32. The number of carbonyl (C=O) groups is 2. The molecule has 0 fully saturated rings. The number of benzene rings is 2. The molecule has 10 heteroatoms. The number of hydrogen-bond acceptors (Lipinski definition) is 6. The summed E-state index contributed by atoms with van der Waals surface area (Å²) in [7, 11) is 0. The van der Waals surface area contributed by atoms with E-state index in [0.717, 1.165) is 6.07 Å². The number of hydrogen-bond donors (Lipinski definition) is 1. The van der Waals surface area contributed by atoms with Gasteiger partial charge in [-0.3, -0.25) is 14.9 Å². The van der Waals surface area contributed by atoms with Gasteiger partial charge in [0.25, 0.3) is 11.6 Å². The monoisotopic (exact) mass is 406 g/mol. The summed E-state index contributed by atoms with van der Waals surface area (Å²) < 4.78 is 23.6. The molecular weight excluding hydrogens is 395 g/mol. The standard InChI is InChI=1S/C18H12ClFN2O6/c1-9-12-6-10(20)2-5-15(12)28-17(9)18(24)27-8-16(23)21-11-3-4-13(19)14(7-11)22(25)26/h2-7H,8H2,1H3,(H,21,23). The lowest BCUT2D eigenvalue weighted by molar-refractivity contribution is -0.384. The molecule has 0 saturated carbocycles. The number of carbonyl (C=O) groups excluding carboxylic acids is 2. The van der Waals surface area contributed by atoms with Crippen molar-refractivity contribution in [2.75, 3.05) is 11.9 Å². The van der Waals surface area contributed by atoms with Gasteiger partial charge in [0.2, 0.25) is 5.76 Å². The van der Waals surface area contributed by atoms with Gasteiger partial charge in [-0.05, 0) is 37.3 Å². The lowest BCUT2D eigenvalue weighted by atomic mass is 10.1. The number of nitro benzene ring substituents is 1. The molecule has 3 rings (SSSR count). The van der Waals surface area contributed by atoms with Crippen LogP contribution in [0.2, 0.25) is 5.02 Å². The molecule has 0 radical (unpaired) electrons. The normalized spacial score (nSPS) is 10.7. The molecular formula is C18H12ClFN2O6. The summed E-state index contributed by atoms with van der Waals surface area (Å²) in [5, 5.41) is 13.6. The second kappa shape index (κ2) is 7.65. The Balaban J connectivity index is 1.66. The third-order valence-electron chi connectivity index (χ3n) is 3.84. The Labute approximate surface area is 162 Å². The van der Waals surface area contributed by atoms with Crippen molar-refractivity contribution in [3.63, 3.8) is 0 Å². The van der Waals surface area contributed by atoms with E-state index in [9.17, 15) is 24.1 Å². The van der Waals surface area contributed by atoms with E-state index in [4.69, 9.17) is 20.8 Å². The Morgan fingerprint density at radius 3 is 2.75 bits per heavy atom. The van der Waals surface area contributed by atoms with Gasteiger partial charge >= 0.3 is 5.97 Å². The molecule has 1 N–H and O–H groups in total. The van der Waals surface area contributed by atoms with E-state index in [2.05, 4.69) is 5.32 Å². The quantitative estimate of drug-likeness (QED) is 0.385. The number of amides is 1. The molecule has 0 atom stereocenters. The average molecular weight is 407 g/mol. The topological polar surface area (TPSA) is 112 Å². The van der Waals surface area contributed by atoms with E-state index in [1.807, 2.05) is 0 Å². The maximum Gasteiger partial charge on any atom is 0.375 e. The van der Waals surface area contributed by atoms with Gasteiger partial charge in [0, 0.05) is 22.7 Å². The van der Waals surface area contributed by atoms with E-state index >= 15 is 0 Å². The number of fused-ring (bicyclic) bond motifs is 1. The molecule has 1 heterocycles. The van der Waals surface area contributed by atoms with Crippen molar-refractivity contribution in [1.82, 2.24) is 0 Å². The van der Waals surface area contributed by atoms with Crippen molar-refractivity contribution in [2.45, 2.75) is 6.92 Å². The van der Waals surface area contributed by atoms with Crippen LogP contribution in [0.5, 0.6) is 0 Å². The predicted molar refractivity (Wildman–Crippen MR) is 97.9 cm³/mol. The smallest absolute Gasteiger partial charge is 0.375 e. The van der Waals surface area contributed by atoms with E-state index in [0.29, 0.717) is 16.5 Å². The molecule has 3 aromatic rings. The van der Waals surface area contributed by atoms with Crippen molar-refractivity contribution >= 4 is 45.8 Å². The summed E-state index contributed by atoms with van der Waals surface area (Å²) in [6, 6.07) is 7.52. The first kappa shape index (κ1) is 19.3. The van der Waals surface area contributed by atoms with E-state index in [1.165, 1.54) is 30.3 Å². The number of esters is 1. The number of furan rings is 1. The van der Waals surface area contributed by atoms with Gasteiger partial charge < -0.3 is 14.5 Å². The first-order valence-corrected chi connectivity index (χ1v) is 8.23. The number of nitrogens with one attached hydrogen (secondary N) is 1. The Morgan fingerprint density at radius 1 is 1.29 bits per heavy atom. The van der Waals surface area contributed by atoms with Crippen LogP contribution in [-0.4, -0.2) is 23.4 Å². The molecule has 0 unspecified atom stereocenters. The van der Waals surface area contributed by atoms with Crippen LogP contribution in [0.15, 0.2) is 40.8 Å². The van der Waals surface area contributed by atoms with Crippen molar-refractivity contribution in [1.29, 1.82) is 0 Å². The van der Waals surface area contributed by atoms with Crippen molar-refractivity contribution in [3.05, 3.63) is 68.7 Å². The second-order valence-electron chi connectivity index (χ2n) is 5.74. The molecule has 1 amide bonds. The van der Waals surface area contributed by atoms with Crippen molar-refractivity contribution in [3.8, 4) is 0 Å². The Bertz CT molecular complexity index is 1110. The van der Waals surface area contributed by atoms with Crippen LogP contribution in [-0.2, 0) is 9.53 Å². The molecule has 0 aliphatic carbocycles. The number of rotatable bonds is 5. The number of anilines is 1. The van der Waals surface area contributed by atoms with E-state index in [1.54, 1.807) is 6.92 Å². The molecule has 0 saturated heterocycles. The minimum Gasteiger partial charge on any atom is -0.450 e. The van der Waals surface area contributed by atoms with Crippen LogP contribution in [0, 0.1) is 22.9 Å². The maximum absolute atomic E-state index is 13.3. The van der Waals surface area contributed by atoms with Crippen LogP contribution in [0.3, 0.4) is 0 Å². The zero-order valence-corrected chi connectivity index (χ0v) is 15.1. The largest absolute Gasteiger partial charge is 0.450 e.